The van der Waals surface area contributed by atoms with Gasteiger partial charge in [-0.3, -0.25) is 0 Å². The molecule has 0 amide bonds. The van der Waals surface area contributed by atoms with Gasteiger partial charge < -0.3 is 19.6 Å². The van der Waals surface area contributed by atoms with Gasteiger partial charge >= 0.3 is 5.82 Å². The van der Waals surface area contributed by atoms with E-state index in [-0.39, 0.29) is 18.2 Å². The molecule has 0 unspecified atom stereocenters. The molecule has 0 N–H and O–H groups in total. The molecule has 0 aliphatic carbocycles. The molecular formula is C16H12BrN3O4S. The molecule has 7 nitrogen and oxygen atoms in total. The van der Waals surface area contributed by atoms with Gasteiger partial charge in [-0.25, -0.2) is 4.98 Å². The van der Waals surface area contributed by atoms with Gasteiger partial charge in [0.1, 0.15) is 23.6 Å². The van der Waals surface area contributed by atoms with Gasteiger partial charge in [0.2, 0.25) is 5.75 Å². The minimum atomic E-state index is -0.575. The molecule has 2 heterocycles. The first-order valence-electron chi connectivity index (χ1n) is 7.09. The average molecular weight is 422 g/mol. The number of rotatable bonds is 6. The van der Waals surface area contributed by atoms with Gasteiger partial charge in [0.15, 0.2) is 0 Å². The molecule has 128 valence electrons. The van der Waals surface area contributed by atoms with E-state index >= 15 is 0 Å². The van der Waals surface area contributed by atoms with Crippen LogP contribution in [0.2, 0.25) is 0 Å². The summed E-state index contributed by atoms with van der Waals surface area (Å²) in [7, 11) is 1.60. The van der Waals surface area contributed by atoms with Crippen LogP contribution in [0.4, 0.5) is 5.82 Å². The molecule has 0 spiro atoms. The minimum absolute atomic E-state index is 0.110. The third-order valence-corrected chi connectivity index (χ3v) is 4.66. The third-order valence-electron chi connectivity index (χ3n) is 3.24. The number of thiazole rings is 1. The van der Waals surface area contributed by atoms with Gasteiger partial charge in [0.05, 0.1) is 18.4 Å². The lowest BCUT2D eigenvalue weighted by molar-refractivity contribution is -0.390. The van der Waals surface area contributed by atoms with Crippen molar-refractivity contribution in [3.63, 3.8) is 0 Å². The Morgan fingerprint density at radius 1 is 1.32 bits per heavy atom. The predicted octanol–water partition coefficient (Wildman–Crippen LogP) is 4.46. The lowest BCUT2D eigenvalue weighted by Gasteiger charge is -2.06. The first-order chi connectivity index (χ1) is 12.1. The van der Waals surface area contributed by atoms with Gasteiger partial charge in [-0.15, -0.1) is 11.3 Å². The lowest BCUT2D eigenvalue weighted by Crippen LogP contribution is -2.00. The van der Waals surface area contributed by atoms with E-state index in [1.807, 2.05) is 23.6 Å². The van der Waals surface area contributed by atoms with Gasteiger partial charge in [-0.1, -0.05) is 15.9 Å². The monoisotopic (exact) mass is 421 g/mol. The summed E-state index contributed by atoms with van der Waals surface area (Å²) in [5.74, 6) is 0.515. The Kier molecular flexibility index (Phi) is 5.25. The van der Waals surface area contributed by atoms with Crippen LogP contribution in [0.15, 0.2) is 46.4 Å². The number of halogens is 1. The van der Waals surface area contributed by atoms with E-state index in [0.717, 1.165) is 15.0 Å². The first-order valence-corrected chi connectivity index (χ1v) is 8.76. The van der Waals surface area contributed by atoms with E-state index in [1.54, 1.807) is 13.2 Å². The van der Waals surface area contributed by atoms with Gasteiger partial charge in [-0.05, 0) is 40.2 Å². The van der Waals surface area contributed by atoms with Crippen molar-refractivity contribution in [2.75, 3.05) is 7.11 Å². The molecule has 0 atom stereocenters. The molecule has 0 saturated heterocycles. The number of methoxy groups -OCH3 is 1. The summed E-state index contributed by atoms with van der Waals surface area (Å²) < 4.78 is 11.8. The zero-order valence-electron chi connectivity index (χ0n) is 13.0. The molecule has 0 saturated carbocycles. The number of nitrogens with zero attached hydrogens (tertiary/aromatic N) is 3. The summed E-state index contributed by atoms with van der Waals surface area (Å²) in [6.07, 6.45) is 1.35. The Labute approximate surface area is 155 Å². The van der Waals surface area contributed by atoms with E-state index in [1.165, 1.54) is 23.6 Å². The molecule has 0 aliphatic heterocycles. The number of hydrogen-bond acceptors (Lipinski definition) is 7. The molecule has 0 fully saturated rings. The lowest BCUT2D eigenvalue weighted by atomic mass is 10.2. The highest BCUT2D eigenvalue weighted by molar-refractivity contribution is 9.10. The number of nitro groups is 1. The maximum atomic E-state index is 11.0. The third kappa shape index (κ3) is 3.94. The Bertz CT molecular complexity index is 916. The van der Waals surface area contributed by atoms with Crippen molar-refractivity contribution in [2.24, 2.45) is 0 Å². The van der Waals surface area contributed by atoms with Gasteiger partial charge in [0, 0.05) is 9.85 Å². The number of pyridine rings is 1. The van der Waals surface area contributed by atoms with Crippen molar-refractivity contribution in [3.05, 3.63) is 62.2 Å². The minimum Gasteiger partial charge on any atom is -0.496 e. The second-order valence-corrected chi connectivity index (χ2v) is 6.63. The maximum Gasteiger partial charge on any atom is 0.406 e. The number of aromatic nitrogens is 2. The highest BCUT2D eigenvalue weighted by Gasteiger charge is 2.17. The van der Waals surface area contributed by atoms with E-state index in [9.17, 15) is 10.1 Å². The van der Waals surface area contributed by atoms with E-state index in [2.05, 4.69) is 25.9 Å². The Balaban J connectivity index is 1.79. The standard InChI is InChI=1S/C16H12BrN3O4S/c1-23-13-5-4-10(17)7-12(13)16-19-11(9-25-16)8-24-14-3-2-6-18-15(14)20(21)22/h2-7,9H,8H2,1H3. The topological polar surface area (TPSA) is 87.4 Å². The van der Waals surface area contributed by atoms with Crippen LogP contribution >= 0.6 is 27.3 Å². The van der Waals surface area contributed by atoms with Crippen molar-refractivity contribution < 1.29 is 14.4 Å². The highest BCUT2D eigenvalue weighted by Crippen LogP contribution is 2.34. The average Bonchev–Trinajstić information content (AvgIpc) is 3.09. The zero-order chi connectivity index (χ0) is 17.8. The molecule has 0 aliphatic rings. The molecule has 0 bridgehead atoms. The molecule has 25 heavy (non-hydrogen) atoms. The maximum absolute atomic E-state index is 11.0. The van der Waals surface area contributed by atoms with Crippen LogP contribution in [0.25, 0.3) is 10.6 Å². The Hall–Kier alpha value is -2.52. The quantitative estimate of drug-likeness (QED) is 0.431. The van der Waals surface area contributed by atoms with Crippen LogP contribution in [0, 0.1) is 10.1 Å². The second kappa shape index (κ2) is 7.58. The molecule has 1 aromatic carbocycles. The Morgan fingerprint density at radius 2 is 2.16 bits per heavy atom. The number of hydrogen-bond donors (Lipinski definition) is 0. The van der Waals surface area contributed by atoms with Crippen molar-refractivity contribution in [2.45, 2.75) is 6.61 Å². The number of benzene rings is 1. The van der Waals surface area contributed by atoms with E-state index in [4.69, 9.17) is 9.47 Å². The molecule has 9 heteroatoms. The molecule has 0 radical (unpaired) electrons. The van der Waals surface area contributed by atoms with Crippen LogP contribution in [0.3, 0.4) is 0 Å². The smallest absolute Gasteiger partial charge is 0.406 e. The van der Waals surface area contributed by atoms with Crippen LogP contribution in [-0.4, -0.2) is 22.0 Å². The van der Waals surface area contributed by atoms with Crippen LogP contribution in [0.5, 0.6) is 11.5 Å². The fourth-order valence-electron chi connectivity index (χ4n) is 2.13. The summed E-state index contributed by atoms with van der Waals surface area (Å²) in [6.45, 7) is 0.110. The van der Waals surface area contributed by atoms with E-state index < -0.39 is 4.92 Å². The molecule has 2 aromatic heterocycles. The molecule has 3 aromatic rings. The SMILES string of the molecule is COc1ccc(Br)cc1-c1nc(COc2cccnc2[N+](=O)[O-])cs1. The summed E-state index contributed by atoms with van der Waals surface area (Å²) in [4.78, 5) is 18.6. The van der Waals surface area contributed by atoms with Gasteiger partial charge in [0.25, 0.3) is 0 Å². The van der Waals surface area contributed by atoms with Crippen LogP contribution in [-0.2, 0) is 6.61 Å². The second-order valence-electron chi connectivity index (χ2n) is 4.86. The van der Waals surface area contributed by atoms with Crippen LogP contribution < -0.4 is 9.47 Å². The van der Waals surface area contributed by atoms with Crippen molar-refractivity contribution >= 4 is 33.1 Å². The summed E-state index contributed by atoms with van der Waals surface area (Å²) in [5, 5.41) is 13.6. The first kappa shape index (κ1) is 17.3. The summed E-state index contributed by atoms with van der Waals surface area (Å²) >= 11 is 4.88. The fourth-order valence-corrected chi connectivity index (χ4v) is 3.31. The zero-order valence-corrected chi connectivity index (χ0v) is 15.4. The predicted molar refractivity (Wildman–Crippen MR) is 97.0 cm³/mol. The summed E-state index contributed by atoms with van der Waals surface area (Å²) in [6, 6.07) is 8.77. The summed E-state index contributed by atoms with van der Waals surface area (Å²) in [5.41, 5.74) is 1.53. The van der Waals surface area contributed by atoms with Crippen LogP contribution in [0.1, 0.15) is 5.69 Å². The Morgan fingerprint density at radius 3 is 2.92 bits per heavy atom. The van der Waals surface area contributed by atoms with E-state index in [0.29, 0.717) is 11.4 Å². The molecule has 3 rings (SSSR count). The van der Waals surface area contributed by atoms with Crippen molar-refractivity contribution in [1.29, 1.82) is 0 Å². The molecular weight excluding hydrogens is 410 g/mol. The van der Waals surface area contributed by atoms with Gasteiger partial charge in [-0.2, -0.15) is 0 Å². The number of ether oxygens (including phenoxy) is 2. The highest BCUT2D eigenvalue weighted by atomic mass is 79.9. The normalized spacial score (nSPS) is 10.5. The van der Waals surface area contributed by atoms with Crippen molar-refractivity contribution in [1.82, 2.24) is 9.97 Å². The largest absolute Gasteiger partial charge is 0.496 e. The van der Waals surface area contributed by atoms with Crippen molar-refractivity contribution in [3.8, 4) is 22.1 Å². The fraction of sp³-hybridized carbons (Fsp3) is 0.125.